The van der Waals surface area contributed by atoms with Gasteiger partial charge in [-0.2, -0.15) is 0 Å². The van der Waals surface area contributed by atoms with Crippen molar-refractivity contribution in [2.24, 2.45) is 5.92 Å². The number of hydrogen-bond acceptors (Lipinski definition) is 2. The number of Topliss-reactive ketones (excluding diaryl/α,β-unsaturated/α-hetero) is 1. The van der Waals surface area contributed by atoms with Crippen LogP contribution in [0.5, 0.6) is 5.75 Å². The first kappa shape index (κ1) is 10.7. The molecule has 1 aliphatic carbocycles. The lowest BCUT2D eigenvalue weighted by molar-refractivity contribution is 0.101. The molecule has 15 heavy (non-hydrogen) atoms. The zero-order valence-corrected chi connectivity index (χ0v) is 10.2. The summed E-state index contributed by atoms with van der Waals surface area (Å²) in [5.74, 6) is 1.57. The Hall–Kier alpha value is -0.830. The molecule has 1 saturated carbocycles. The van der Waals surface area contributed by atoms with E-state index in [1.807, 2.05) is 12.1 Å². The molecule has 0 spiro atoms. The third-order valence-corrected chi connectivity index (χ3v) is 2.92. The van der Waals surface area contributed by atoms with Gasteiger partial charge in [-0.1, -0.05) is 15.9 Å². The number of ether oxygens (including phenoxy) is 1. The highest BCUT2D eigenvalue weighted by molar-refractivity contribution is 9.10. The Labute approximate surface area is 97.8 Å². The molecule has 0 bridgehead atoms. The van der Waals surface area contributed by atoms with Crippen molar-refractivity contribution in [1.29, 1.82) is 0 Å². The van der Waals surface area contributed by atoms with Crippen LogP contribution in [0.25, 0.3) is 0 Å². The standard InChI is InChI=1S/C12H13BrO2/c1-8(14)10-4-11(13)6-12(5-10)15-7-9-2-3-9/h4-6,9H,2-3,7H2,1H3. The molecule has 1 fully saturated rings. The molecule has 0 unspecified atom stereocenters. The van der Waals surface area contributed by atoms with Crippen molar-refractivity contribution in [2.75, 3.05) is 6.61 Å². The average molecular weight is 269 g/mol. The van der Waals surface area contributed by atoms with Crippen LogP contribution >= 0.6 is 15.9 Å². The monoisotopic (exact) mass is 268 g/mol. The molecule has 0 atom stereocenters. The molecule has 0 aliphatic heterocycles. The molecular weight excluding hydrogens is 256 g/mol. The minimum atomic E-state index is 0.0626. The van der Waals surface area contributed by atoms with Gasteiger partial charge in [-0.15, -0.1) is 0 Å². The Morgan fingerprint density at radius 1 is 1.47 bits per heavy atom. The molecule has 80 valence electrons. The quantitative estimate of drug-likeness (QED) is 0.782. The summed E-state index contributed by atoms with van der Waals surface area (Å²) in [6.07, 6.45) is 2.54. The zero-order chi connectivity index (χ0) is 10.8. The van der Waals surface area contributed by atoms with E-state index in [0.29, 0.717) is 5.56 Å². The van der Waals surface area contributed by atoms with E-state index in [1.54, 1.807) is 13.0 Å². The molecule has 0 radical (unpaired) electrons. The predicted molar refractivity (Wildman–Crippen MR) is 62.4 cm³/mol. The summed E-state index contributed by atoms with van der Waals surface area (Å²) >= 11 is 3.37. The van der Waals surface area contributed by atoms with Gasteiger partial charge in [0.05, 0.1) is 6.61 Å². The van der Waals surface area contributed by atoms with E-state index in [4.69, 9.17) is 4.74 Å². The lowest BCUT2D eigenvalue weighted by Gasteiger charge is -2.07. The lowest BCUT2D eigenvalue weighted by Crippen LogP contribution is -2.00. The van der Waals surface area contributed by atoms with E-state index < -0.39 is 0 Å². The summed E-state index contributed by atoms with van der Waals surface area (Å²) in [5.41, 5.74) is 0.690. The fourth-order valence-electron chi connectivity index (χ4n) is 1.35. The van der Waals surface area contributed by atoms with Gasteiger partial charge in [0.1, 0.15) is 5.75 Å². The highest BCUT2D eigenvalue weighted by Crippen LogP contribution is 2.30. The van der Waals surface area contributed by atoms with Crippen molar-refractivity contribution in [1.82, 2.24) is 0 Å². The number of rotatable bonds is 4. The van der Waals surface area contributed by atoms with E-state index in [2.05, 4.69) is 15.9 Å². The zero-order valence-electron chi connectivity index (χ0n) is 8.63. The largest absolute Gasteiger partial charge is 0.493 e. The molecule has 1 aromatic rings. The Bertz CT molecular complexity index is 383. The topological polar surface area (TPSA) is 26.3 Å². The number of benzene rings is 1. The van der Waals surface area contributed by atoms with Crippen LogP contribution in [0.3, 0.4) is 0 Å². The van der Waals surface area contributed by atoms with Crippen LogP contribution in [-0.2, 0) is 0 Å². The van der Waals surface area contributed by atoms with Gasteiger partial charge in [-0.05, 0) is 43.9 Å². The molecule has 0 heterocycles. The highest BCUT2D eigenvalue weighted by atomic mass is 79.9. The van der Waals surface area contributed by atoms with Crippen molar-refractivity contribution < 1.29 is 9.53 Å². The van der Waals surface area contributed by atoms with Crippen molar-refractivity contribution >= 4 is 21.7 Å². The Balaban J connectivity index is 2.10. The minimum Gasteiger partial charge on any atom is -0.493 e. The molecule has 2 rings (SSSR count). The minimum absolute atomic E-state index is 0.0626. The summed E-state index contributed by atoms with van der Waals surface area (Å²) in [5, 5.41) is 0. The second-order valence-corrected chi connectivity index (χ2v) is 4.90. The number of ketones is 1. The van der Waals surface area contributed by atoms with Crippen LogP contribution in [0, 0.1) is 5.92 Å². The molecule has 0 saturated heterocycles. The summed E-state index contributed by atoms with van der Waals surface area (Å²) in [6.45, 7) is 2.33. The molecule has 0 aromatic heterocycles. The van der Waals surface area contributed by atoms with Gasteiger partial charge in [0.15, 0.2) is 5.78 Å². The third-order valence-electron chi connectivity index (χ3n) is 2.46. The van der Waals surface area contributed by atoms with Crippen LogP contribution < -0.4 is 4.74 Å². The summed E-state index contributed by atoms with van der Waals surface area (Å²) in [6, 6.07) is 5.51. The van der Waals surface area contributed by atoms with Gasteiger partial charge in [-0.25, -0.2) is 0 Å². The molecule has 3 heteroatoms. The van der Waals surface area contributed by atoms with E-state index >= 15 is 0 Å². The first-order valence-electron chi connectivity index (χ1n) is 5.09. The molecule has 1 aromatic carbocycles. The van der Waals surface area contributed by atoms with E-state index in [9.17, 15) is 4.79 Å². The van der Waals surface area contributed by atoms with Gasteiger partial charge < -0.3 is 4.74 Å². The van der Waals surface area contributed by atoms with Gasteiger partial charge in [0.25, 0.3) is 0 Å². The summed E-state index contributed by atoms with van der Waals surface area (Å²) in [7, 11) is 0. The maximum absolute atomic E-state index is 11.2. The van der Waals surface area contributed by atoms with Crippen LogP contribution in [0.15, 0.2) is 22.7 Å². The molecule has 0 amide bonds. The lowest BCUT2D eigenvalue weighted by atomic mass is 10.1. The van der Waals surface area contributed by atoms with Crippen molar-refractivity contribution in [3.05, 3.63) is 28.2 Å². The molecule has 2 nitrogen and oxygen atoms in total. The van der Waals surface area contributed by atoms with E-state index in [-0.39, 0.29) is 5.78 Å². The predicted octanol–water partition coefficient (Wildman–Crippen LogP) is 3.44. The highest BCUT2D eigenvalue weighted by Gasteiger charge is 2.22. The number of halogens is 1. The second-order valence-electron chi connectivity index (χ2n) is 3.99. The van der Waals surface area contributed by atoms with Crippen LogP contribution in [0.4, 0.5) is 0 Å². The van der Waals surface area contributed by atoms with Crippen molar-refractivity contribution in [3.8, 4) is 5.75 Å². The van der Waals surface area contributed by atoms with Crippen LogP contribution in [0.2, 0.25) is 0 Å². The smallest absolute Gasteiger partial charge is 0.159 e. The second kappa shape index (κ2) is 4.35. The maximum atomic E-state index is 11.2. The van der Waals surface area contributed by atoms with Crippen molar-refractivity contribution in [2.45, 2.75) is 19.8 Å². The fraction of sp³-hybridized carbons (Fsp3) is 0.417. The van der Waals surface area contributed by atoms with E-state index in [0.717, 1.165) is 22.7 Å². The number of hydrogen-bond donors (Lipinski definition) is 0. The Morgan fingerprint density at radius 2 is 2.20 bits per heavy atom. The maximum Gasteiger partial charge on any atom is 0.159 e. The number of carbonyl (C=O) groups excluding carboxylic acids is 1. The van der Waals surface area contributed by atoms with E-state index in [1.165, 1.54) is 12.8 Å². The Morgan fingerprint density at radius 3 is 2.80 bits per heavy atom. The molecule has 1 aliphatic rings. The van der Waals surface area contributed by atoms with Crippen LogP contribution in [-0.4, -0.2) is 12.4 Å². The van der Waals surface area contributed by atoms with Crippen LogP contribution in [0.1, 0.15) is 30.1 Å². The first-order valence-corrected chi connectivity index (χ1v) is 5.89. The molecular formula is C12H13BrO2. The first-order chi connectivity index (χ1) is 7.15. The Kier molecular flexibility index (Phi) is 3.10. The van der Waals surface area contributed by atoms with Gasteiger partial charge in [-0.3, -0.25) is 4.79 Å². The number of carbonyl (C=O) groups is 1. The summed E-state index contributed by atoms with van der Waals surface area (Å²) < 4.78 is 6.51. The SMILES string of the molecule is CC(=O)c1cc(Br)cc(OCC2CC2)c1. The van der Waals surface area contributed by atoms with Gasteiger partial charge in [0, 0.05) is 10.0 Å². The van der Waals surface area contributed by atoms with Crippen molar-refractivity contribution in [3.63, 3.8) is 0 Å². The normalized spacial score (nSPS) is 15.1. The average Bonchev–Trinajstić information content (AvgIpc) is 2.97. The van der Waals surface area contributed by atoms with Gasteiger partial charge >= 0.3 is 0 Å². The fourth-order valence-corrected chi connectivity index (χ4v) is 1.82. The summed E-state index contributed by atoms with van der Waals surface area (Å²) in [4.78, 5) is 11.2. The van der Waals surface area contributed by atoms with Gasteiger partial charge in [0.2, 0.25) is 0 Å². The third kappa shape index (κ3) is 3.06. The molecule has 0 N–H and O–H groups in total.